The van der Waals surface area contributed by atoms with Crippen LogP contribution >= 0.6 is 0 Å². The van der Waals surface area contributed by atoms with Crippen molar-refractivity contribution in [3.63, 3.8) is 0 Å². The number of hydrogen-bond donors (Lipinski definition) is 3. The van der Waals surface area contributed by atoms with E-state index < -0.39 is 0 Å². The van der Waals surface area contributed by atoms with E-state index in [0.29, 0.717) is 6.61 Å². The summed E-state index contributed by atoms with van der Waals surface area (Å²) in [6.07, 6.45) is 1.95. The maximum Gasteiger partial charge on any atom is 0.223 e. The zero-order chi connectivity index (χ0) is 21.9. The van der Waals surface area contributed by atoms with Gasteiger partial charge in [-0.3, -0.25) is 4.79 Å². The average Bonchev–Trinajstić information content (AvgIpc) is 2.82. The topological polar surface area (TPSA) is 47.2 Å². The molecule has 2 aromatic carbocycles. The van der Waals surface area contributed by atoms with Crippen LogP contribution in [0.4, 0.5) is 0 Å². The summed E-state index contributed by atoms with van der Waals surface area (Å²) in [6, 6.07) is 18.7. The number of likely N-dealkylation sites (tertiary alicyclic amines) is 1. The number of rotatable bonds is 11. The first kappa shape index (κ1) is 23.3. The molecule has 0 atom stereocenters. The molecule has 1 amide bonds. The van der Waals surface area contributed by atoms with E-state index in [0.717, 1.165) is 64.4 Å². The Kier molecular flexibility index (Phi) is 9.38. The number of ether oxygens (including phenoxy) is 1. The SMILES string of the molecule is CC[NH+](CC)CCNC(=O)C1CC[NH+](Cc2cccc(OCc3ccccc3)c2)CC1. The fraction of sp³-hybridized carbons (Fsp3) is 0.500. The summed E-state index contributed by atoms with van der Waals surface area (Å²) in [4.78, 5) is 15.6. The van der Waals surface area contributed by atoms with Gasteiger partial charge in [0.1, 0.15) is 18.9 Å². The van der Waals surface area contributed by atoms with Gasteiger partial charge in [0.25, 0.3) is 0 Å². The summed E-state index contributed by atoms with van der Waals surface area (Å²) >= 11 is 0. The average molecular weight is 426 g/mol. The molecule has 1 heterocycles. The second-order valence-electron chi connectivity index (χ2n) is 8.62. The summed E-state index contributed by atoms with van der Waals surface area (Å²) in [5.41, 5.74) is 2.48. The van der Waals surface area contributed by atoms with Crippen LogP contribution in [0, 0.1) is 5.92 Å². The number of piperidine rings is 1. The van der Waals surface area contributed by atoms with Crippen LogP contribution in [0.2, 0.25) is 0 Å². The smallest absolute Gasteiger partial charge is 0.223 e. The number of carbonyl (C=O) groups excluding carboxylic acids is 1. The van der Waals surface area contributed by atoms with Gasteiger partial charge in [0, 0.05) is 24.3 Å². The summed E-state index contributed by atoms with van der Waals surface area (Å²) in [5.74, 6) is 1.35. The monoisotopic (exact) mass is 425 g/mol. The molecule has 0 bridgehead atoms. The number of amides is 1. The highest BCUT2D eigenvalue weighted by Crippen LogP contribution is 2.15. The Bertz CT molecular complexity index is 784. The Hall–Kier alpha value is -2.37. The van der Waals surface area contributed by atoms with E-state index in [2.05, 4.69) is 49.5 Å². The third-order valence-electron chi connectivity index (χ3n) is 6.44. The summed E-state index contributed by atoms with van der Waals surface area (Å²) in [5, 5.41) is 3.17. The van der Waals surface area contributed by atoms with Gasteiger partial charge >= 0.3 is 0 Å². The van der Waals surface area contributed by atoms with E-state index >= 15 is 0 Å². The third-order valence-corrected chi connectivity index (χ3v) is 6.44. The first-order valence-electron chi connectivity index (χ1n) is 11.9. The van der Waals surface area contributed by atoms with Crippen molar-refractivity contribution in [3.8, 4) is 5.75 Å². The maximum absolute atomic E-state index is 12.5. The summed E-state index contributed by atoms with van der Waals surface area (Å²) in [7, 11) is 0. The van der Waals surface area contributed by atoms with Gasteiger partial charge in [-0.05, 0) is 31.5 Å². The van der Waals surface area contributed by atoms with E-state index in [4.69, 9.17) is 4.74 Å². The minimum absolute atomic E-state index is 0.177. The van der Waals surface area contributed by atoms with E-state index in [9.17, 15) is 4.79 Å². The second-order valence-corrected chi connectivity index (χ2v) is 8.62. The molecule has 1 saturated heterocycles. The van der Waals surface area contributed by atoms with Crippen molar-refractivity contribution in [2.75, 3.05) is 39.3 Å². The zero-order valence-corrected chi connectivity index (χ0v) is 19.2. The molecule has 3 N–H and O–H groups in total. The predicted octanol–water partition coefficient (Wildman–Crippen LogP) is 1.10. The highest BCUT2D eigenvalue weighted by molar-refractivity contribution is 5.78. The normalized spacial score (nSPS) is 18.7. The molecule has 168 valence electrons. The molecule has 0 spiro atoms. The van der Waals surface area contributed by atoms with Gasteiger partial charge in [0.2, 0.25) is 5.91 Å². The molecule has 3 rings (SSSR count). The number of likely N-dealkylation sites (N-methyl/N-ethyl adjacent to an activating group) is 1. The van der Waals surface area contributed by atoms with Crippen LogP contribution in [0.25, 0.3) is 0 Å². The Labute approximate surface area is 187 Å². The molecule has 5 nitrogen and oxygen atoms in total. The van der Waals surface area contributed by atoms with Crippen molar-refractivity contribution < 1.29 is 19.3 Å². The van der Waals surface area contributed by atoms with Crippen molar-refractivity contribution in [2.45, 2.75) is 39.8 Å². The van der Waals surface area contributed by atoms with Gasteiger partial charge in [0.05, 0.1) is 39.3 Å². The first-order chi connectivity index (χ1) is 15.2. The molecule has 31 heavy (non-hydrogen) atoms. The Balaban J connectivity index is 1.40. The molecule has 0 saturated carbocycles. The Morgan fingerprint density at radius 1 is 1.03 bits per heavy atom. The van der Waals surface area contributed by atoms with Crippen molar-refractivity contribution in [1.29, 1.82) is 0 Å². The third kappa shape index (κ3) is 7.67. The van der Waals surface area contributed by atoms with Gasteiger partial charge in [0.15, 0.2) is 0 Å². The maximum atomic E-state index is 12.5. The number of nitrogens with one attached hydrogen (secondary N) is 3. The van der Waals surface area contributed by atoms with Gasteiger partial charge in [-0.2, -0.15) is 0 Å². The van der Waals surface area contributed by atoms with E-state index in [1.165, 1.54) is 16.0 Å². The molecule has 5 heteroatoms. The van der Waals surface area contributed by atoms with Crippen LogP contribution in [0.3, 0.4) is 0 Å². The van der Waals surface area contributed by atoms with Crippen molar-refractivity contribution in [2.24, 2.45) is 5.92 Å². The predicted molar refractivity (Wildman–Crippen MR) is 124 cm³/mol. The summed E-state index contributed by atoms with van der Waals surface area (Å²) in [6.45, 7) is 12.1. The molecule has 2 aromatic rings. The van der Waals surface area contributed by atoms with Crippen molar-refractivity contribution in [1.82, 2.24) is 5.32 Å². The lowest BCUT2D eigenvalue weighted by Gasteiger charge is -2.29. The van der Waals surface area contributed by atoms with Crippen LogP contribution in [0.1, 0.15) is 37.8 Å². The molecule has 0 aromatic heterocycles. The van der Waals surface area contributed by atoms with Crippen LogP contribution < -0.4 is 19.9 Å². The molecule has 1 fully saturated rings. The van der Waals surface area contributed by atoms with Gasteiger partial charge < -0.3 is 19.9 Å². The fourth-order valence-electron chi connectivity index (χ4n) is 4.35. The highest BCUT2D eigenvalue weighted by Gasteiger charge is 2.27. The molecule has 0 radical (unpaired) electrons. The van der Waals surface area contributed by atoms with Crippen LogP contribution in [-0.4, -0.2) is 45.2 Å². The molecule has 1 aliphatic rings. The second kappa shape index (κ2) is 12.5. The highest BCUT2D eigenvalue weighted by atomic mass is 16.5. The van der Waals surface area contributed by atoms with Crippen LogP contribution in [0.15, 0.2) is 54.6 Å². The standard InChI is InChI=1S/C26H37N3O2/c1-3-28(4-2)18-15-27-26(30)24-13-16-29(17-14-24)20-23-11-8-12-25(19-23)31-21-22-9-6-5-7-10-22/h5-12,19,24H,3-4,13-18,20-21H2,1-2H3,(H,27,30)/p+2. The lowest BCUT2D eigenvalue weighted by atomic mass is 9.95. The van der Waals surface area contributed by atoms with E-state index in [-0.39, 0.29) is 11.8 Å². The van der Waals surface area contributed by atoms with Gasteiger partial charge in [-0.1, -0.05) is 42.5 Å². The quantitative estimate of drug-likeness (QED) is 0.505. The lowest BCUT2D eigenvalue weighted by molar-refractivity contribution is -0.919. The van der Waals surface area contributed by atoms with Crippen molar-refractivity contribution >= 4 is 5.91 Å². The zero-order valence-electron chi connectivity index (χ0n) is 19.2. The number of hydrogen-bond acceptors (Lipinski definition) is 2. The van der Waals surface area contributed by atoms with Crippen molar-refractivity contribution in [3.05, 3.63) is 65.7 Å². The number of quaternary nitrogens is 2. The van der Waals surface area contributed by atoms with E-state index in [1.54, 1.807) is 4.90 Å². The van der Waals surface area contributed by atoms with Gasteiger partial charge in [-0.15, -0.1) is 0 Å². The van der Waals surface area contributed by atoms with Gasteiger partial charge in [-0.25, -0.2) is 0 Å². The number of benzene rings is 2. The molecule has 0 unspecified atom stereocenters. The lowest BCUT2D eigenvalue weighted by Crippen LogP contribution is -3.12. The first-order valence-corrected chi connectivity index (χ1v) is 11.9. The minimum Gasteiger partial charge on any atom is -0.489 e. The minimum atomic E-state index is 0.177. The largest absolute Gasteiger partial charge is 0.489 e. The van der Waals surface area contributed by atoms with E-state index in [1.807, 2.05) is 24.3 Å². The Morgan fingerprint density at radius 3 is 2.45 bits per heavy atom. The molecular weight excluding hydrogens is 386 g/mol. The van der Waals surface area contributed by atoms with Crippen LogP contribution in [-0.2, 0) is 17.9 Å². The fourth-order valence-corrected chi connectivity index (χ4v) is 4.35. The molecule has 1 aliphatic heterocycles. The summed E-state index contributed by atoms with van der Waals surface area (Å²) < 4.78 is 5.98. The number of carbonyl (C=O) groups is 1. The van der Waals surface area contributed by atoms with Crippen LogP contribution in [0.5, 0.6) is 5.75 Å². The molecule has 0 aliphatic carbocycles. The molecular formula is C26H39N3O2+2. The Morgan fingerprint density at radius 2 is 1.74 bits per heavy atom.